The van der Waals surface area contributed by atoms with Crippen LogP contribution in [0.1, 0.15) is 201 Å². The van der Waals surface area contributed by atoms with Gasteiger partial charge in [0, 0.05) is 19.3 Å². The summed E-state index contributed by atoms with van der Waals surface area (Å²) in [7, 11) is 0. The van der Waals surface area contributed by atoms with E-state index in [0.717, 1.165) is 103 Å². The second-order valence-electron chi connectivity index (χ2n) is 15.6. The highest BCUT2D eigenvalue weighted by Crippen LogP contribution is 2.11. The number of unbranched alkanes of at least 4 members (excludes halogenated alkanes) is 13. The molecule has 0 amide bonds. The summed E-state index contributed by atoms with van der Waals surface area (Å²) in [5.74, 6) is -1.04. The van der Waals surface area contributed by atoms with Crippen LogP contribution in [0.4, 0.5) is 0 Å². The maximum Gasteiger partial charge on any atom is 0.306 e. The van der Waals surface area contributed by atoms with Crippen molar-refractivity contribution in [2.24, 2.45) is 0 Å². The molecule has 0 aromatic carbocycles. The van der Waals surface area contributed by atoms with Crippen molar-refractivity contribution in [3.05, 3.63) is 109 Å². The maximum absolute atomic E-state index is 12.7. The van der Waals surface area contributed by atoms with E-state index in [4.69, 9.17) is 14.2 Å². The number of carbonyl (C=O) groups excluding carboxylic acids is 3. The minimum Gasteiger partial charge on any atom is -0.462 e. The molecule has 0 unspecified atom stereocenters. The lowest BCUT2D eigenvalue weighted by Gasteiger charge is -2.18. The Labute approximate surface area is 374 Å². The van der Waals surface area contributed by atoms with Crippen LogP contribution >= 0.6 is 0 Å². The first-order valence-corrected chi connectivity index (χ1v) is 24.4. The van der Waals surface area contributed by atoms with Crippen molar-refractivity contribution >= 4 is 17.9 Å². The van der Waals surface area contributed by atoms with E-state index in [1.807, 2.05) is 0 Å². The van der Waals surface area contributed by atoms with Gasteiger partial charge < -0.3 is 14.2 Å². The first-order chi connectivity index (χ1) is 30.0. The minimum atomic E-state index is -0.821. The monoisotopic (exact) mass is 845 g/mol. The molecule has 0 aliphatic carbocycles. The number of hydrogen-bond donors (Lipinski definition) is 0. The second kappa shape index (κ2) is 48.7. The Morgan fingerprint density at radius 2 is 0.672 bits per heavy atom. The van der Waals surface area contributed by atoms with Crippen LogP contribution in [0.3, 0.4) is 0 Å². The first kappa shape index (κ1) is 57.1. The molecule has 0 fully saturated rings. The smallest absolute Gasteiger partial charge is 0.306 e. The van der Waals surface area contributed by atoms with E-state index < -0.39 is 6.10 Å². The Balaban J connectivity index is 4.55. The van der Waals surface area contributed by atoms with Crippen molar-refractivity contribution in [3.63, 3.8) is 0 Å². The van der Waals surface area contributed by atoms with Gasteiger partial charge in [0.05, 0.1) is 0 Å². The lowest BCUT2D eigenvalue weighted by Crippen LogP contribution is -2.30. The van der Waals surface area contributed by atoms with Gasteiger partial charge in [0.2, 0.25) is 0 Å². The van der Waals surface area contributed by atoms with Crippen LogP contribution in [0.15, 0.2) is 109 Å². The quantitative estimate of drug-likeness (QED) is 0.0264. The Bertz CT molecular complexity index is 1290. The number of esters is 3. The lowest BCUT2D eigenvalue weighted by molar-refractivity contribution is -0.167. The molecule has 0 bridgehead atoms. The highest BCUT2D eigenvalue weighted by molar-refractivity contribution is 5.71. The fourth-order valence-electron chi connectivity index (χ4n) is 6.05. The first-order valence-electron chi connectivity index (χ1n) is 24.4. The molecule has 0 spiro atoms. The summed E-state index contributed by atoms with van der Waals surface area (Å²) in [6, 6.07) is 0. The van der Waals surface area contributed by atoms with E-state index in [9.17, 15) is 14.4 Å². The van der Waals surface area contributed by atoms with Crippen molar-refractivity contribution in [1.82, 2.24) is 0 Å². The van der Waals surface area contributed by atoms with E-state index in [1.165, 1.54) is 44.9 Å². The molecule has 0 heterocycles. The van der Waals surface area contributed by atoms with Gasteiger partial charge in [-0.05, 0) is 116 Å². The summed E-state index contributed by atoms with van der Waals surface area (Å²) >= 11 is 0. The Morgan fingerprint density at radius 1 is 0.344 bits per heavy atom. The van der Waals surface area contributed by atoms with Gasteiger partial charge in [0.25, 0.3) is 0 Å². The van der Waals surface area contributed by atoms with Crippen molar-refractivity contribution in [1.29, 1.82) is 0 Å². The molecule has 0 saturated carbocycles. The molecular formula is C55H88O6. The van der Waals surface area contributed by atoms with E-state index in [0.29, 0.717) is 25.7 Å². The van der Waals surface area contributed by atoms with Crippen molar-refractivity contribution in [2.75, 3.05) is 13.2 Å². The molecule has 0 N–H and O–H groups in total. The molecule has 344 valence electrons. The zero-order valence-electron chi connectivity index (χ0n) is 39.1. The summed E-state index contributed by atoms with van der Waals surface area (Å²) in [6.07, 6.45) is 65.1. The third-order valence-electron chi connectivity index (χ3n) is 9.73. The molecule has 0 rings (SSSR count). The molecule has 0 radical (unpaired) electrons. The number of carbonyl (C=O) groups is 3. The predicted octanol–water partition coefficient (Wildman–Crippen LogP) is 16.0. The largest absolute Gasteiger partial charge is 0.462 e. The van der Waals surface area contributed by atoms with Crippen LogP contribution < -0.4 is 0 Å². The zero-order valence-corrected chi connectivity index (χ0v) is 39.1. The highest BCUT2D eigenvalue weighted by atomic mass is 16.6. The average Bonchev–Trinajstić information content (AvgIpc) is 3.26. The fraction of sp³-hybridized carbons (Fsp3) is 0.618. The SMILES string of the molecule is CC/C=C\C/C=C\C/C=C\C/C=C\CCCCC(=O)OC[C@H](COC(=O)CCC/C=C\C/C=C\C/C=C\C/C=C\CCCCC)OC(=O)CCCCCCC/C=C\CCCC. The summed E-state index contributed by atoms with van der Waals surface area (Å²) in [5, 5.41) is 0. The molecule has 0 aliphatic heterocycles. The van der Waals surface area contributed by atoms with Crippen LogP contribution in [0.25, 0.3) is 0 Å². The Kier molecular flexibility index (Phi) is 45.6. The summed E-state index contributed by atoms with van der Waals surface area (Å²) in [4.78, 5) is 37.8. The van der Waals surface area contributed by atoms with Crippen LogP contribution in [-0.4, -0.2) is 37.2 Å². The number of ether oxygens (including phenoxy) is 3. The van der Waals surface area contributed by atoms with Crippen molar-refractivity contribution in [3.8, 4) is 0 Å². The second-order valence-corrected chi connectivity index (χ2v) is 15.6. The molecule has 0 aromatic rings. The maximum atomic E-state index is 12.7. The fourth-order valence-corrected chi connectivity index (χ4v) is 6.05. The molecule has 0 aromatic heterocycles. The molecule has 0 saturated heterocycles. The normalized spacial score (nSPS) is 13.0. The molecule has 0 aliphatic rings. The van der Waals surface area contributed by atoms with Gasteiger partial charge in [-0.3, -0.25) is 14.4 Å². The van der Waals surface area contributed by atoms with Crippen LogP contribution in [0.2, 0.25) is 0 Å². The van der Waals surface area contributed by atoms with Gasteiger partial charge in [-0.15, -0.1) is 0 Å². The third-order valence-corrected chi connectivity index (χ3v) is 9.73. The van der Waals surface area contributed by atoms with Crippen molar-refractivity contribution < 1.29 is 28.6 Å². The van der Waals surface area contributed by atoms with Gasteiger partial charge in [-0.25, -0.2) is 0 Å². The van der Waals surface area contributed by atoms with Gasteiger partial charge in [-0.1, -0.05) is 175 Å². The van der Waals surface area contributed by atoms with E-state index in [-0.39, 0.29) is 37.5 Å². The Morgan fingerprint density at radius 3 is 1.16 bits per heavy atom. The number of hydrogen-bond acceptors (Lipinski definition) is 6. The van der Waals surface area contributed by atoms with Crippen LogP contribution in [-0.2, 0) is 28.6 Å². The van der Waals surface area contributed by atoms with Gasteiger partial charge >= 0.3 is 17.9 Å². The molecular weight excluding hydrogens is 757 g/mol. The average molecular weight is 845 g/mol. The van der Waals surface area contributed by atoms with E-state index in [1.54, 1.807) is 0 Å². The van der Waals surface area contributed by atoms with Crippen molar-refractivity contribution in [2.45, 2.75) is 207 Å². The number of rotatable bonds is 42. The Hall–Kier alpha value is -3.93. The predicted molar refractivity (Wildman–Crippen MR) is 260 cm³/mol. The molecule has 1 atom stereocenters. The standard InChI is InChI=1S/C55H88O6/c1-4-7-10-13-16-19-22-24-26-27-29-31-34-36-39-42-45-48-54(57)60-51-52(61-55(58)49-46-43-40-37-32-21-18-15-12-9-6-3)50-59-53(56)47-44-41-38-35-33-30-28-25-23-20-17-14-11-8-5-2/h8,11,15-20,24-26,28-29,31,33,35-36,39,52H,4-7,9-10,12-14,21-23,27,30,32,34,37-38,40-51H2,1-3H3/b11-8-,18-15-,19-16-,20-17-,26-24-,28-25-,31-29-,35-33-,39-36-/t52-/m1/s1. The van der Waals surface area contributed by atoms with Crippen LogP contribution in [0, 0.1) is 0 Å². The summed E-state index contributed by atoms with van der Waals surface area (Å²) in [5.41, 5.74) is 0. The van der Waals surface area contributed by atoms with Gasteiger partial charge in [0.15, 0.2) is 6.10 Å². The van der Waals surface area contributed by atoms with Gasteiger partial charge in [0.1, 0.15) is 13.2 Å². The zero-order chi connectivity index (χ0) is 44.4. The van der Waals surface area contributed by atoms with Crippen LogP contribution in [0.5, 0.6) is 0 Å². The topological polar surface area (TPSA) is 78.9 Å². The molecule has 6 heteroatoms. The lowest BCUT2D eigenvalue weighted by atomic mass is 10.1. The van der Waals surface area contributed by atoms with Gasteiger partial charge in [-0.2, -0.15) is 0 Å². The highest BCUT2D eigenvalue weighted by Gasteiger charge is 2.19. The summed E-state index contributed by atoms with van der Waals surface area (Å²) in [6.45, 7) is 6.34. The summed E-state index contributed by atoms with van der Waals surface area (Å²) < 4.78 is 16.7. The molecule has 61 heavy (non-hydrogen) atoms. The molecule has 6 nitrogen and oxygen atoms in total. The third kappa shape index (κ3) is 47.0. The van der Waals surface area contributed by atoms with E-state index >= 15 is 0 Å². The number of allylic oxidation sites excluding steroid dienone is 18. The minimum absolute atomic E-state index is 0.122. The van der Waals surface area contributed by atoms with E-state index in [2.05, 4.69) is 130 Å².